The molecule has 0 bridgehead atoms. The summed E-state index contributed by atoms with van der Waals surface area (Å²) in [7, 11) is 0. The molecule has 0 aromatic rings. The second kappa shape index (κ2) is 24.9. The summed E-state index contributed by atoms with van der Waals surface area (Å²) in [6, 6.07) is 0. The van der Waals surface area contributed by atoms with Crippen LogP contribution in [-0.2, 0) is 14.3 Å². The zero-order valence-electron chi connectivity index (χ0n) is 20.2. The van der Waals surface area contributed by atoms with Crippen molar-refractivity contribution in [1.29, 1.82) is 0 Å². The number of unbranched alkanes of at least 4 members (excludes halogenated alkanes) is 8. The summed E-state index contributed by atoms with van der Waals surface area (Å²) in [5, 5.41) is 9.37. The van der Waals surface area contributed by atoms with Crippen LogP contribution in [0.15, 0.2) is 36.5 Å². The van der Waals surface area contributed by atoms with Crippen molar-refractivity contribution in [2.45, 2.75) is 110 Å². The molecule has 180 valence electrons. The predicted octanol–water partition coefficient (Wildman–Crippen LogP) is 7.08. The molecule has 1 atom stereocenters. The predicted molar refractivity (Wildman–Crippen MR) is 131 cm³/mol. The highest BCUT2D eigenvalue weighted by atomic mass is 16.6. The molecular formula is C27H48O4. The number of hydrogen-bond donors (Lipinski definition) is 1. The molecule has 0 saturated carbocycles. The first kappa shape index (κ1) is 29.6. The van der Waals surface area contributed by atoms with E-state index in [9.17, 15) is 9.90 Å². The number of hydrogen-bond acceptors (Lipinski definition) is 4. The summed E-state index contributed by atoms with van der Waals surface area (Å²) in [6.45, 7) is 5.07. The van der Waals surface area contributed by atoms with Crippen molar-refractivity contribution >= 4 is 5.97 Å². The number of aliphatic hydroxyl groups is 1. The summed E-state index contributed by atoms with van der Waals surface area (Å²) in [5.74, 6) is -0.226. The SMILES string of the molecule is CC/C=C\C/C=C\C/C=C\CCCCCCOCC(CO)OC(=O)CCCCCCC. The molecule has 0 amide bonds. The molecule has 0 rings (SSSR count). The molecule has 0 aromatic heterocycles. The van der Waals surface area contributed by atoms with Gasteiger partial charge in [0.1, 0.15) is 6.10 Å². The number of carbonyl (C=O) groups is 1. The van der Waals surface area contributed by atoms with Crippen molar-refractivity contribution in [1.82, 2.24) is 0 Å². The maximum atomic E-state index is 11.8. The highest BCUT2D eigenvalue weighted by molar-refractivity contribution is 5.69. The van der Waals surface area contributed by atoms with Crippen molar-refractivity contribution in [3.8, 4) is 0 Å². The first-order chi connectivity index (χ1) is 15.2. The van der Waals surface area contributed by atoms with Gasteiger partial charge in [-0.3, -0.25) is 4.79 Å². The number of rotatable bonds is 22. The molecule has 0 radical (unpaired) electrons. The van der Waals surface area contributed by atoms with Gasteiger partial charge in [-0.1, -0.05) is 88.8 Å². The van der Waals surface area contributed by atoms with Crippen LogP contribution in [0.5, 0.6) is 0 Å². The van der Waals surface area contributed by atoms with Crippen LogP contribution in [0, 0.1) is 0 Å². The summed E-state index contributed by atoms with van der Waals surface area (Å²) in [4.78, 5) is 11.8. The van der Waals surface area contributed by atoms with Gasteiger partial charge < -0.3 is 14.6 Å². The lowest BCUT2D eigenvalue weighted by atomic mass is 10.1. The number of ether oxygens (including phenoxy) is 2. The number of aliphatic hydroxyl groups excluding tert-OH is 1. The Morgan fingerprint density at radius 3 is 2.16 bits per heavy atom. The Hall–Kier alpha value is -1.39. The normalized spacial score (nSPS) is 13.0. The second-order valence-corrected chi connectivity index (χ2v) is 8.03. The fourth-order valence-corrected chi connectivity index (χ4v) is 3.10. The number of carbonyl (C=O) groups excluding carboxylic acids is 1. The Kier molecular flexibility index (Phi) is 23.8. The van der Waals surface area contributed by atoms with Crippen LogP contribution in [0.25, 0.3) is 0 Å². The number of esters is 1. The van der Waals surface area contributed by atoms with Gasteiger partial charge in [-0.2, -0.15) is 0 Å². The molecule has 0 heterocycles. The van der Waals surface area contributed by atoms with Crippen molar-refractivity contribution in [2.75, 3.05) is 19.8 Å². The van der Waals surface area contributed by atoms with Gasteiger partial charge in [-0.15, -0.1) is 0 Å². The largest absolute Gasteiger partial charge is 0.457 e. The fourth-order valence-electron chi connectivity index (χ4n) is 3.10. The maximum Gasteiger partial charge on any atom is 0.306 e. The summed E-state index contributed by atoms with van der Waals surface area (Å²) in [6.07, 6.45) is 27.6. The van der Waals surface area contributed by atoms with Crippen LogP contribution in [-0.4, -0.2) is 37.0 Å². The Balaban J connectivity index is 3.51. The quantitative estimate of drug-likeness (QED) is 0.112. The highest BCUT2D eigenvalue weighted by Crippen LogP contribution is 2.08. The molecule has 0 saturated heterocycles. The molecule has 0 spiro atoms. The molecule has 4 nitrogen and oxygen atoms in total. The van der Waals surface area contributed by atoms with Crippen molar-refractivity contribution in [3.05, 3.63) is 36.5 Å². The molecule has 1 N–H and O–H groups in total. The average molecular weight is 437 g/mol. The van der Waals surface area contributed by atoms with Crippen molar-refractivity contribution in [3.63, 3.8) is 0 Å². The summed E-state index contributed by atoms with van der Waals surface area (Å²) in [5.41, 5.74) is 0. The van der Waals surface area contributed by atoms with E-state index in [0.717, 1.165) is 51.4 Å². The first-order valence-corrected chi connectivity index (χ1v) is 12.6. The molecule has 0 fully saturated rings. The number of allylic oxidation sites excluding steroid dienone is 6. The average Bonchev–Trinajstić information content (AvgIpc) is 2.77. The van der Waals surface area contributed by atoms with Crippen LogP contribution in [0.2, 0.25) is 0 Å². The minimum absolute atomic E-state index is 0.182. The summed E-state index contributed by atoms with van der Waals surface area (Å²) < 4.78 is 10.9. The van der Waals surface area contributed by atoms with E-state index in [1.165, 1.54) is 32.1 Å². The smallest absolute Gasteiger partial charge is 0.306 e. The van der Waals surface area contributed by atoms with Gasteiger partial charge >= 0.3 is 5.97 Å². The molecule has 1 unspecified atom stereocenters. The monoisotopic (exact) mass is 436 g/mol. The van der Waals surface area contributed by atoms with Gasteiger partial charge in [0, 0.05) is 13.0 Å². The van der Waals surface area contributed by atoms with E-state index >= 15 is 0 Å². The molecule has 4 heteroatoms. The van der Waals surface area contributed by atoms with Gasteiger partial charge in [0.2, 0.25) is 0 Å². The van der Waals surface area contributed by atoms with Gasteiger partial charge in [-0.25, -0.2) is 0 Å². The Bertz CT molecular complexity index is 468. The lowest BCUT2D eigenvalue weighted by molar-refractivity contribution is -0.154. The molecule has 0 aliphatic carbocycles. The van der Waals surface area contributed by atoms with E-state index in [4.69, 9.17) is 9.47 Å². The van der Waals surface area contributed by atoms with Gasteiger partial charge in [0.25, 0.3) is 0 Å². The molecule has 0 aromatic carbocycles. The van der Waals surface area contributed by atoms with E-state index in [1.54, 1.807) is 0 Å². The van der Waals surface area contributed by atoms with E-state index in [0.29, 0.717) is 13.0 Å². The minimum Gasteiger partial charge on any atom is -0.457 e. The zero-order valence-corrected chi connectivity index (χ0v) is 20.2. The standard InChI is InChI=1S/C27H48O4/c1-3-5-7-9-10-11-12-13-14-15-16-17-19-21-23-30-25-26(24-28)31-27(29)22-20-18-8-6-4-2/h5,7,10-11,13-14,26,28H,3-4,6,8-9,12,15-25H2,1-2H3/b7-5-,11-10-,14-13-. The third-order valence-electron chi connectivity index (χ3n) is 4.98. The van der Waals surface area contributed by atoms with Crippen LogP contribution < -0.4 is 0 Å². The molecule has 0 aliphatic heterocycles. The second-order valence-electron chi connectivity index (χ2n) is 8.03. The van der Waals surface area contributed by atoms with E-state index in [-0.39, 0.29) is 19.2 Å². The van der Waals surface area contributed by atoms with Crippen molar-refractivity contribution < 1.29 is 19.4 Å². The molecule has 31 heavy (non-hydrogen) atoms. The first-order valence-electron chi connectivity index (χ1n) is 12.6. The Labute approximate surface area is 191 Å². The highest BCUT2D eigenvalue weighted by Gasteiger charge is 2.13. The van der Waals surface area contributed by atoms with Crippen LogP contribution in [0.3, 0.4) is 0 Å². The van der Waals surface area contributed by atoms with Crippen LogP contribution in [0.1, 0.15) is 104 Å². The van der Waals surface area contributed by atoms with Gasteiger partial charge in [0.05, 0.1) is 13.2 Å². The fraction of sp³-hybridized carbons (Fsp3) is 0.741. The molecular weight excluding hydrogens is 388 g/mol. The lowest BCUT2D eigenvalue weighted by Gasteiger charge is -2.15. The maximum absolute atomic E-state index is 11.8. The van der Waals surface area contributed by atoms with E-state index in [2.05, 4.69) is 50.3 Å². The third-order valence-corrected chi connectivity index (χ3v) is 4.98. The van der Waals surface area contributed by atoms with Crippen LogP contribution in [0.4, 0.5) is 0 Å². The zero-order chi connectivity index (χ0) is 22.8. The summed E-state index contributed by atoms with van der Waals surface area (Å²) >= 11 is 0. The topological polar surface area (TPSA) is 55.8 Å². The Morgan fingerprint density at radius 1 is 0.806 bits per heavy atom. The minimum atomic E-state index is -0.537. The van der Waals surface area contributed by atoms with Crippen molar-refractivity contribution in [2.24, 2.45) is 0 Å². The van der Waals surface area contributed by atoms with E-state index in [1.807, 2.05) is 0 Å². The molecule has 0 aliphatic rings. The van der Waals surface area contributed by atoms with E-state index < -0.39 is 6.10 Å². The van der Waals surface area contributed by atoms with Gasteiger partial charge in [0.15, 0.2) is 0 Å². The van der Waals surface area contributed by atoms with Gasteiger partial charge in [-0.05, 0) is 44.9 Å². The lowest BCUT2D eigenvalue weighted by Crippen LogP contribution is -2.27. The third kappa shape index (κ3) is 23.1. The van der Waals surface area contributed by atoms with Crippen LogP contribution >= 0.6 is 0 Å². The Morgan fingerprint density at radius 2 is 1.45 bits per heavy atom.